The predicted molar refractivity (Wildman–Crippen MR) is 205 cm³/mol. The Hall–Kier alpha value is -1.58. The van der Waals surface area contributed by atoms with E-state index in [1.807, 2.05) is 0 Å². The number of carbonyl (C=O) groups is 2. The fourth-order valence-corrected chi connectivity index (χ4v) is 4.73. The molecule has 0 aromatic heterocycles. The van der Waals surface area contributed by atoms with Crippen LogP contribution in [-0.2, 0) is 0 Å². The molecule has 0 amide bonds. The Kier molecular flexibility index (Phi) is 51.8. The molecule has 0 fully saturated rings. The van der Waals surface area contributed by atoms with Gasteiger partial charge in [0.25, 0.3) is 0 Å². The maximum absolute atomic E-state index is 8.56. The fraction of sp³-hybridized carbons (Fsp3) is 0.947. The molecule has 0 saturated carbocycles. The quantitative estimate of drug-likeness (QED) is 0.0788. The molecule has 0 radical (unpaired) electrons. The summed E-state index contributed by atoms with van der Waals surface area (Å²) >= 11 is 0. The van der Waals surface area contributed by atoms with Crippen molar-refractivity contribution in [2.45, 2.75) is 160 Å². The summed E-state index contributed by atoms with van der Waals surface area (Å²) in [5.41, 5.74) is 0. The Labute approximate surface area is 293 Å². The van der Waals surface area contributed by atoms with E-state index < -0.39 is 12.3 Å². The van der Waals surface area contributed by atoms with E-state index in [1.165, 1.54) is 136 Å². The van der Waals surface area contributed by atoms with Gasteiger partial charge in [0.2, 0.25) is 0 Å². The van der Waals surface area contributed by atoms with Gasteiger partial charge in [0.1, 0.15) is 0 Å². The normalized spacial score (nSPS) is 10.6. The van der Waals surface area contributed by atoms with Gasteiger partial charge in [0.15, 0.2) is 0 Å². The summed E-state index contributed by atoms with van der Waals surface area (Å²) in [6.07, 6.45) is 12.5. The van der Waals surface area contributed by atoms with Crippen molar-refractivity contribution in [2.75, 3.05) is 58.9 Å². The summed E-state index contributed by atoms with van der Waals surface area (Å²) in [5, 5.41) is 27.9. The summed E-state index contributed by atoms with van der Waals surface area (Å²) in [6, 6.07) is 0. The van der Waals surface area contributed by atoms with E-state index in [1.54, 1.807) is 0 Å². The van der Waals surface area contributed by atoms with Crippen molar-refractivity contribution in [1.82, 2.24) is 14.7 Å². The third-order valence-corrected chi connectivity index (χ3v) is 6.84. The van der Waals surface area contributed by atoms with Crippen LogP contribution in [0.2, 0.25) is 0 Å². The van der Waals surface area contributed by atoms with Crippen molar-refractivity contribution in [3.05, 3.63) is 0 Å². The lowest BCUT2D eigenvalue weighted by Crippen LogP contribution is -2.34. The van der Waals surface area contributed by atoms with Crippen LogP contribution in [0.1, 0.15) is 160 Å². The Morgan fingerprint density at radius 1 is 0.383 bits per heavy atom. The van der Waals surface area contributed by atoms with Gasteiger partial charge in [0, 0.05) is 19.6 Å². The molecule has 9 heteroatoms. The van der Waals surface area contributed by atoms with E-state index in [2.05, 4.69) is 97.8 Å². The van der Waals surface area contributed by atoms with E-state index in [-0.39, 0.29) is 0 Å². The summed E-state index contributed by atoms with van der Waals surface area (Å²) < 4.78 is 0. The Morgan fingerprint density at radius 2 is 0.532 bits per heavy atom. The molecule has 9 nitrogen and oxygen atoms in total. The van der Waals surface area contributed by atoms with Gasteiger partial charge in [0.05, 0.1) is 0 Å². The van der Waals surface area contributed by atoms with Gasteiger partial charge < -0.3 is 35.1 Å². The van der Waals surface area contributed by atoms with E-state index in [0.717, 1.165) is 17.8 Å². The second kappa shape index (κ2) is 44.4. The number of hydrogen-bond acceptors (Lipinski definition) is 5. The lowest BCUT2D eigenvalue weighted by Gasteiger charge is -2.27. The van der Waals surface area contributed by atoms with Crippen molar-refractivity contribution in [3.8, 4) is 0 Å². The zero-order chi connectivity index (χ0) is 37.5. The van der Waals surface area contributed by atoms with Crippen LogP contribution >= 0.6 is 0 Å². The molecule has 0 bridgehead atoms. The van der Waals surface area contributed by atoms with Crippen LogP contribution in [-0.4, -0.2) is 106 Å². The molecule has 47 heavy (non-hydrogen) atoms. The highest BCUT2D eigenvalue weighted by molar-refractivity contribution is 5.53. The molecule has 0 atom stereocenters. The van der Waals surface area contributed by atoms with Crippen LogP contribution in [0.4, 0.5) is 9.59 Å². The van der Waals surface area contributed by atoms with Crippen LogP contribution in [0.5, 0.6) is 0 Å². The maximum Gasteiger partial charge on any atom is 0.503 e. The van der Waals surface area contributed by atoms with Crippen LogP contribution in [0.3, 0.4) is 0 Å². The van der Waals surface area contributed by atoms with E-state index in [4.69, 9.17) is 30.0 Å². The highest BCUT2D eigenvalue weighted by Gasteiger charge is 2.10. The number of unbranched alkanes of at least 4 members (excludes halogenated alkanes) is 6. The van der Waals surface area contributed by atoms with Gasteiger partial charge in [-0.05, 0) is 95.5 Å². The minimum absolute atomic E-state index is 0.789. The summed E-state index contributed by atoms with van der Waals surface area (Å²) in [5.74, 6) is 2.37. The molecule has 0 aliphatic rings. The molecule has 0 aliphatic heterocycles. The SMILES string of the molecule is CC(C)CN(CC(C)C)CC(C)C.CCCCN(CCCC)CCCC.CCCCN(CCCC)CCCC.O=C(O)O.O=C(O)O. The van der Waals surface area contributed by atoms with Crippen molar-refractivity contribution >= 4 is 12.3 Å². The van der Waals surface area contributed by atoms with Crippen LogP contribution in [0.15, 0.2) is 0 Å². The fourth-order valence-electron chi connectivity index (χ4n) is 4.73. The first-order valence-corrected chi connectivity index (χ1v) is 19.1. The summed E-state index contributed by atoms with van der Waals surface area (Å²) in [6.45, 7) is 39.1. The van der Waals surface area contributed by atoms with Crippen molar-refractivity contribution in [1.29, 1.82) is 0 Å². The van der Waals surface area contributed by atoms with Crippen molar-refractivity contribution in [2.24, 2.45) is 17.8 Å². The Morgan fingerprint density at radius 3 is 0.638 bits per heavy atom. The van der Waals surface area contributed by atoms with Gasteiger partial charge >= 0.3 is 12.3 Å². The maximum atomic E-state index is 8.56. The van der Waals surface area contributed by atoms with Crippen LogP contribution in [0.25, 0.3) is 0 Å². The van der Waals surface area contributed by atoms with E-state index in [0.29, 0.717) is 0 Å². The van der Waals surface area contributed by atoms with Gasteiger partial charge in [-0.15, -0.1) is 0 Å². The topological polar surface area (TPSA) is 125 Å². The standard InChI is InChI=1S/3C12H27N.2CH2O3/c1-10(2)7-13(8-11(3)4)9-12(5)6;2*1-4-7-10-13(11-8-5-2)12-9-6-3;2*2-1(3)4/h10-12H,7-9H2,1-6H3;2*4-12H2,1-3H3;2*(H2,2,3,4). The molecule has 0 spiro atoms. The van der Waals surface area contributed by atoms with E-state index in [9.17, 15) is 0 Å². The van der Waals surface area contributed by atoms with Gasteiger partial charge in [-0.25, -0.2) is 9.59 Å². The predicted octanol–water partition coefficient (Wildman–Crippen LogP) is 11.1. The van der Waals surface area contributed by atoms with Gasteiger partial charge in [-0.2, -0.15) is 0 Å². The first-order chi connectivity index (χ1) is 22.1. The lowest BCUT2D eigenvalue weighted by atomic mass is 10.1. The van der Waals surface area contributed by atoms with Crippen molar-refractivity contribution < 1.29 is 30.0 Å². The molecule has 0 aromatic rings. The smallest absolute Gasteiger partial charge is 0.450 e. The average molecular weight is 680 g/mol. The molecule has 0 heterocycles. The minimum Gasteiger partial charge on any atom is -0.450 e. The van der Waals surface area contributed by atoms with Crippen LogP contribution < -0.4 is 0 Å². The van der Waals surface area contributed by atoms with Crippen LogP contribution in [0, 0.1) is 17.8 Å². The number of carboxylic acid groups (broad SMARTS) is 4. The molecule has 0 aliphatic carbocycles. The number of nitrogens with zero attached hydrogens (tertiary/aromatic N) is 3. The minimum atomic E-state index is -1.83. The largest absolute Gasteiger partial charge is 0.503 e. The molecule has 0 rings (SSSR count). The zero-order valence-electron chi connectivity index (χ0n) is 33.5. The first kappa shape index (κ1) is 54.9. The van der Waals surface area contributed by atoms with E-state index >= 15 is 0 Å². The van der Waals surface area contributed by atoms with Gasteiger partial charge in [-0.3, -0.25) is 0 Å². The number of hydrogen-bond donors (Lipinski definition) is 4. The summed E-state index contributed by atoms with van der Waals surface area (Å²) in [7, 11) is 0. The average Bonchev–Trinajstić information content (AvgIpc) is 2.95. The van der Waals surface area contributed by atoms with Crippen molar-refractivity contribution in [3.63, 3.8) is 0 Å². The monoisotopic (exact) mass is 680 g/mol. The second-order valence-corrected chi connectivity index (χ2v) is 13.8. The van der Waals surface area contributed by atoms with Gasteiger partial charge in [-0.1, -0.05) is 122 Å². The Bertz CT molecular complexity index is 500. The summed E-state index contributed by atoms with van der Waals surface area (Å²) in [4.78, 5) is 25.0. The Balaban J connectivity index is -0.000000168. The molecule has 288 valence electrons. The molecule has 0 unspecified atom stereocenters. The highest BCUT2D eigenvalue weighted by atomic mass is 16.6. The first-order valence-electron chi connectivity index (χ1n) is 19.1. The third-order valence-electron chi connectivity index (χ3n) is 6.84. The number of rotatable bonds is 24. The zero-order valence-corrected chi connectivity index (χ0v) is 33.5. The molecule has 4 N–H and O–H groups in total. The molecule has 0 aromatic carbocycles. The third kappa shape index (κ3) is 67.5. The highest BCUT2D eigenvalue weighted by Crippen LogP contribution is 2.07. The lowest BCUT2D eigenvalue weighted by molar-refractivity contribution is 0.135. The second-order valence-electron chi connectivity index (χ2n) is 13.8. The molecule has 0 saturated heterocycles. The molecular weight excluding hydrogens is 594 g/mol. The molecular formula is C38H85N3O6.